The average molecular weight is 325 g/mol. The maximum Gasteiger partial charge on any atom is 0.247 e. The summed E-state index contributed by atoms with van der Waals surface area (Å²) in [5, 5.41) is 8.10. The first-order valence-electron chi connectivity index (χ1n) is 6.15. The van der Waals surface area contributed by atoms with Gasteiger partial charge >= 0.3 is 0 Å². The van der Waals surface area contributed by atoms with Gasteiger partial charge in [0.25, 0.3) is 0 Å². The van der Waals surface area contributed by atoms with E-state index in [1.807, 2.05) is 25.1 Å². The SMILES string of the molecule is CCC(Br)c1nnc(-c2ccc3c(c2)OCCO3)o1. The molecule has 19 heavy (non-hydrogen) atoms. The lowest BCUT2D eigenvalue weighted by atomic mass is 10.2. The highest BCUT2D eigenvalue weighted by Crippen LogP contribution is 2.35. The molecule has 0 N–H and O–H groups in total. The van der Waals surface area contributed by atoms with E-state index in [0.717, 1.165) is 23.5 Å². The van der Waals surface area contributed by atoms with Crippen molar-refractivity contribution < 1.29 is 13.9 Å². The van der Waals surface area contributed by atoms with Gasteiger partial charge in [0.05, 0.1) is 4.83 Å². The number of ether oxygens (including phenoxy) is 2. The van der Waals surface area contributed by atoms with E-state index in [4.69, 9.17) is 13.9 Å². The predicted molar refractivity (Wildman–Crippen MR) is 72.7 cm³/mol. The van der Waals surface area contributed by atoms with Crippen LogP contribution in [0, 0.1) is 0 Å². The molecule has 1 aromatic heterocycles. The monoisotopic (exact) mass is 324 g/mol. The first-order valence-corrected chi connectivity index (χ1v) is 7.07. The van der Waals surface area contributed by atoms with Crippen LogP contribution < -0.4 is 9.47 Å². The summed E-state index contributed by atoms with van der Waals surface area (Å²) in [6, 6.07) is 5.61. The largest absolute Gasteiger partial charge is 0.486 e. The number of aromatic nitrogens is 2. The molecule has 6 heteroatoms. The number of benzene rings is 1. The fraction of sp³-hybridized carbons (Fsp3) is 0.385. The van der Waals surface area contributed by atoms with Gasteiger partial charge in [-0.15, -0.1) is 10.2 Å². The third kappa shape index (κ3) is 2.45. The Morgan fingerprint density at radius 1 is 1.21 bits per heavy atom. The van der Waals surface area contributed by atoms with Crippen LogP contribution in [0.5, 0.6) is 11.5 Å². The molecule has 1 atom stereocenters. The van der Waals surface area contributed by atoms with Crippen molar-refractivity contribution in [2.45, 2.75) is 18.2 Å². The Kier molecular flexibility index (Phi) is 3.42. The van der Waals surface area contributed by atoms with Crippen molar-refractivity contribution in [2.24, 2.45) is 0 Å². The molecule has 0 radical (unpaired) electrons. The Hall–Kier alpha value is -1.56. The van der Waals surface area contributed by atoms with Crippen LogP contribution in [0.2, 0.25) is 0 Å². The molecule has 5 nitrogen and oxygen atoms in total. The number of hydrogen-bond donors (Lipinski definition) is 0. The van der Waals surface area contributed by atoms with Crippen molar-refractivity contribution >= 4 is 15.9 Å². The van der Waals surface area contributed by atoms with Gasteiger partial charge in [0.1, 0.15) is 13.2 Å². The van der Waals surface area contributed by atoms with Crippen molar-refractivity contribution in [1.29, 1.82) is 0 Å². The van der Waals surface area contributed by atoms with E-state index in [1.165, 1.54) is 0 Å². The summed E-state index contributed by atoms with van der Waals surface area (Å²) in [6.45, 7) is 3.19. The van der Waals surface area contributed by atoms with Crippen molar-refractivity contribution in [2.75, 3.05) is 13.2 Å². The second kappa shape index (κ2) is 5.21. The summed E-state index contributed by atoms with van der Waals surface area (Å²) in [4.78, 5) is 0.0889. The minimum Gasteiger partial charge on any atom is -0.486 e. The molecule has 1 aromatic carbocycles. The third-order valence-corrected chi connectivity index (χ3v) is 3.90. The van der Waals surface area contributed by atoms with Gasteiger partial charge in [0.2, 0.25) is 11.8 Å². The van der Waals surface area contributed by atoms with Gasteiger partial charge in [-0.2, -0.15) is 0 Å². The lowest BCUT2D eigenvalue weighted by molar-refractivity contribution is 0.171. The summed E-state index contributed by atoms with van der Waals surface area (Å²) in [5.41, 5.74) is 0.832. The summed E-state index contributed by atoms with van der Waals surface area (Å²) >= 11 is 3.49. The fourth-order valence-electron chi connectivity index (χ4n) is 1.83. The molecule has 1 unspecified atom stereocenters. The van der Waals surface area contributed by atoms with Crippen LogP contribution in [0.3, 0.4) is 0 Å². The normalized spacial score (nSPS) is 15.3. The Bertz CT molecular complexity index is 585. The zero-order valence-corrected chi connectivity index (χ0v) is 12.0. The second-order valence-electron chi connectivity index (χ2n) is 4.18. The van der Waals surface area contributed by atoms with Gasteiger partial charge in [0.15, 0.2) is 11.5 Å². The molecule has 2 aromatic rings. The van der Waals surface area contributed by atoms with Crippen LogP contribution in [-0.2, 0) is 0 Å². The molecular formula is C13H13BrN2O3. The van der Waals surface area contributed by atoms with Gasteiger partial charge < -0.3 is 13.9 Å². The summed E-state index contributed by atoms with van der Waals surface area (Å²) in [6.07, 6.45) is 0.892. The summed E-state index contributed by atoms with van der Waals surface area (Å²) in [5.74, 6) is 2.55. The summed E-state index contributed by atoms with van der Waals surface area (Å²) in [7, 11) is 0. The first kappa shape index (κ1) is 12.5. The third-order valence-electron chi connectivity index (χ3n) is 2.86. The molecular weight excluding hydrogens is 312 g/mol. The average Bonchev–Trinajstić information content (AvgIpc) is 2.95. The van der Waals surface area contributed by atoms with E-state index in [0.29, 0.717) is 25.0 Å². The highest BCUT2D eigenvalue weighted by Gasteiger charge is 2.17. The Morgan fingerprint density at radius 2 is 2.00 bits per heavy atom. The lowest BCUT2D eigenvalue weighted by Gasteiger charge is -2.18. The van der Waals surface area contributed by atoms with Crippen molar-refractivity contribution in [1.82, 2.24) is 10.2 Å². The van der Waals surface area contributed by atoms with E-state index >= 15 is 0 Å². The molecule has 0 amide bonds. The van der Waals surface area contributed by atoms with Gasteiger partial charge in [-0.3, -0.25) is 0 Å². The van der Waals surface area contributed by atoms with Crippen LogP contribution in [0.4, 0.5) is 0 Å². The van der Waals surface area contributed by atoms with E-state index in [-0.39, 0.29) is 4.83 Å². The molecule has 0 saturated carbocycles. The molecule has 100 valence electrons. The van der Waals surface area contributed by atoms with E-state index in [9.17, 15) is 0 Å². The van der Waals surface area contributed by atoms with Gasteiger partial charge in [-0.25, -0.2) is 0 Å². The van der Waals surface area contributed by atoms with Crippen LogP contribution in [0.1, 0.15) is 24.1 Å². The molecule has 1 aliphatic heterocycles. The van der Waals surface area contributed by atoms with Crippen LogP contribution >= 0.6 is 15.9 Å². The minimum absolute atomic E-state index is 0.0889. The van der Waals surface area contributed by atoms with Gasteiger partial charge in [-0.05, 0) is 24.6 Å². The smallest absolute Gasteiger partial charge is 0.247 e. The quantitative estimate of drug-likeness (QED) is 0.810. The number of fused-ring (bicyclic) bond motifs is 1. The zero-order valence-electron chi connectivity index (χ0n) is 10.4. The molecule has 2 heterocycles. The van der Waals surface area contributed by atoms with Crippen molar-refractivity contribution in [3.05, 3.63) is 24.1 Å². The van der Waals surface area contributed by atoms with Crippen molar-refractivity contribution in [3.8, 4) is 23.0 Å². The number of nitrogens with zero attached hydrogens (tertiary/aromatic N) is 2. The van der Waals surface area contributed by atoms with E-state index in [1.54, 1.807) is 0 Å². The molecule has 1 aliphatic rings. The van der Waals surface area contributed by atoms with E-state index < -0.39 is 0 Å². The molecule has 0 aliphatic carbocycles. The van der Waals surface area contributed by atoms with Crippen LogP contribution in [0.25, 0.3) is 11.5 Å². The number of alkyl halides is 1. The first-order chi connectivity index (χ1) is 9.28. The second-order valence-corrected chi connectivity index (χ2v) is 5.28. The van der Waals surface area contributed by atoms with Gasteiger partial charge in [-0.1, -0.05) is 22.9 Å². The highest BCUT2D eigenvalue weighted by atomic mass is 79.9. The lowest BCUT2D eigenvalue weighted by Crippen LogP contribution is -2.15. The zero-order chi connectivity index (χ0) is 13.2. The topological polar surface area (TPSA) is 57.4 Å². The number of hydrogen-bond acceptors (Lipinski definition) is 5. The molecule has 3 rings (SSSR count). The minimum atomic E-state index is 0.0889. The van der Waals surface area contributed by atoms with E-state index in [2.05, 4.69) is 26.1 Å². The van der Waals surface area contributed by atoms with Gasteiger partial charge in [0, 0.05) is 5.56 Å². The number of rotatable bonds is 3. The fourth-order valence-corrected chi connectivity index (χ4v) is 2.01. The Balaban J connectivity index is 1.91. The Labute approximate surface area is 119 Å². The molecule has 0 spiro atoms. The predicted octanol–water partition coefficient (Wildman–Crippen LogP) is 3.35. The maximum atomic E-state index is 5.65. The number of halogens is 1. The maximum absolute atomic E-state index is 5.65. The molecule has 0 fully saturated rings. The Morgan fingerprint density at radius 3 is 2.79 bits per heavy atom. The molecule has 0 saturated heterocycles. The standard InChI is InChI=1S/C13H13BrN2O3/c1-2-9(14)13-16-15-12(19-13)8-3-4-10-11(7-8)18-6-5-17-10/h3-4,7,9H,2,5-6H2,1H3. The van der Waals surface area contributed by atoms with Crippen LogP contribution in [-0.4, -0.2) is 23.4 Å². The van der Waals surface area contributed by atoms with Crippen LogP contribution in [0.15, 0.2) is 22.6 Å². The molecule has 0 bridgehead atoms. The van der Waals surface area contributed by atoms with Crippen molar-refractivity contribution in [3.63, 3.8) is 0 Å². The highest BCUT2D eigenvalue weighted by molar-refractivity contribution is 9.09. The summed E-state index contributed by atoms with van der Waals surface area (Å²) < 4.78 is 16.7.